The number of phenolic OH excluding ortho intramolecular Hbond substituents is 1. The largest absolute Gasteiger partial charge is 0.508 e. The van der Waals surface area contributed by atoms with E-state index in [0.29, 0.717) is 22.0 Å². The van der Waals surface area contributed by atoms with Crippen LogP contribution < -0.4 is 20.1 Å². The summed E-state index contributed by atoms with van der Waals surface area (Å²) in [5, 5.41) is 48.7. The van der Waals surface area contributed by atoms with Crippen LogP contribution in [0.4, 0.5) is 5.69 Å². The number of aromatic hydroxyl groups is 1. The molecule has 1 aromatic heterocycles. The highest BCUT2D eigenvalue weighted by Crippen LogP contribution is 2.53. The number of aliphatic hydroxyl groups is 2. The van der Waals surface area contributed by atoms with Crippen molar-refractivity contribution < 1.29 is 39.5 Å². The highest BCUT2D eigenvalue weighted by molar-refractivity contribution is 7.99. The van der Waals surface area contributed by atoms with Crippen molar-refractivity contribution in [3.8, 4) is 17.2 Å². The van der Waals surface area contributed by atoms with Crippen molar-refractivity contribution in [2.24, 2.45) is 5.41 Å². The number of benzene rings is 5. The Morgan fingerprint density at radius 2 is 1.72 bits per heavy atom. The Kier molecular flexibility index (Phi) is 16.4. The Hall–Kier alpha value is -5.89. The first-order valence-electron chi connectivity index (χ1n) is 23.2. The Labute approximate surface area is 414 Å². The van der Waals surface area contributed by atoms with Crippen molar-refractivity contribution in [2.75, 3.05) is 31.3 Å². The molecule has 6 aromatic rings. The van der Waals surface area contributed by atoms with Crippen molar-refractivity contribution in [1.82, 2.24) is 10.3 Å². The second-order valence-electron chi connectivity index (χ2n) is 19.3. The average molecular weight is 973 g/mol. The van der Waals surface area contributed by atoms with E-state index in [-0.39, 0.29) is 47.4 Å². The number of halogens is 1. The summed E-state index contributed by atoms with van der Waals surface area (Å²) in [7, 11) is 1.64. The van der Waals surface area contributed by atoms with Crippen LogP contribution in [0.3, 0.4) is 0 Å². The number of fused-ring (bicyclic) bond motifs is 2. The molecule has 0 saturated heterocycles. The van der Waals surface area contributed by atoms with Gasteiger partial charge in [0, 0.05) is 45.1 Å². The maximum absolute atomic E-state index is 11.5. The van der Waals surface area contributed by atoms with Gasteiger partial charge in [0.05, 0.1) is 42.1 Å². The summed E-state index contributed by atoms with van der Waals surface area (Å²) < 4.78 is 10.7. The molecule has 1 amide bonds. The molecule has 0 spiro atoms. The minimum atomic E-state index is -0.911. The predicted octanol–water partition coefficient (Wildman–Crippen LogP) is 11.3. The standard InChI is InChI=1S/C35H36ClNO3S.C21H26N2O5/c1-34(2,40)30-9-4-3-7-25(30)13-17-32(41-23-35(18-19-35)22-33(38)39)27-8-5-6-24(20-27)10-15-29-16-12-26-11-14-28(36)21-31(26)37-29;1-21(2,10-13-4-6-15(27-3)7-5-13)22-11-18(25)16-8-14(24)9-17-20(16)28-12-19(26)23-17/h3-12,14-16,20-21,32,40H,13,17-19,22-23H2,1-2H3,(H,38,39);4-9,18,22,24-25H,10-12H2,1-3H3,(H,23,26)/b15-10+;/t32-;/m1./s1. The molecule has 2 aliphatic rings. The first-order valence-corrected chi connectivity index (χ1v) is 24.6. The molecule has 1 aliphatic heterocycles. The van der Waals surface area contributed by atoms with Crippen molar-refractivity contribution in [2.45, 2.75) is 88.7 Å². The van der Waals surface area contributed by atoms with Gasteiger partial charge in [-0.25, -0.2) is 4.98 Å². The topological polar surface area (TPSA) is 170 Å². The van der Waals surface area contributed by atoms with Gasteiger partial charge in [-0.3, -0.25) is 9.59 Å². The first kappa shape index (κ1) is 51.0. The van der Waals surface area contributed by atoms with Gasteiger partial charge in [-0.2, -0.15) is 11.8 Å². The third-order valence-corrected chi connectivity index (χ3v) is 14.4. The minimum absolute atomic E-state index is 0.0453. The molecule has 5 aromatic carbocycles. The number of nitrogens with one attached hydrogen (secondary N) is 2. The number of rotatable bonds is 19. The summed E-state index contributed by atoms with van der Waals surface area (Å²) in [5.41, 5.74) is 6.82. The number of carbonyl (C=O) groups excluding carboxylic acids is 1. The molecule has 11 nitrogen and oxygen atoms in total. The van der Waals surface area contributed by atoms with E-state index in [9.17, 15) is 30.0 Å². The fourth-order valence-electron chi connectivity index (χ4n) is 8.62. The number of methoxy groups -OCH3 is 1. The number of thioether (sulfide) groups is 1. The molecule has 1 saturated carbocycles. The summed E-state index contributed by atoms with van der Waals surface area (Å²) >= 11 is 8.04. The fraction of sp³-hybridized carbons (Fsp3) is 0.339. The van der Waals surface area contributed by atoms with Gasteiger partial charge in [0.1, 0.15) is 17.2 Å². The van der Waals surface area contributed by atoms with Gasteiger partial charge in [0.15, 0.2) is 6.61 Å². The van der Waals surface area contributed by atoms with Gasteiger partial charge in [0.25, 0.3) is 5.91 Å². The lowest BCUT2D eigenvalue weighted by molar-refractivity contribution is -0.138. The van der Waals surface area contributed by atoms with Gasteiger partial charge >= 0.3 is 5.97 Å². The quantitative estimate of drug-likeness (QED) is 0.0457. The van der Waals surface area contributed by atoms with Crippen LogP contribution in [0.15, 0.2) is 115 Å². The predicted molar refractivity (Wildman–Crippen MR) is 277 cm³/mol. The smallest absolute Gasteiger partial charge is 0.303 e. The van der Waals surface area contributed by atoms with E-state index in [4.69, 9.17) is 26.1 Å². The zero-order chi connectivity index (χ0) is 49.3. The average Bonchev–Trinajstić information content (AvgIpc) is 4.08. The van der Waals surface area contributed by atoms with Gasteiger partial charge in [-0.15, -0.1) is 0 Å². The van der Waals surface area contributed by atoms with Crippen LogP contribution >= 0.6 is 23.4 Å². The van der Waals surface area contributed by atoms with E-state index in [0.717, 1.165) is 82.5 Å². The zero-order valence-corrected chi connectivity index (χ0v) is 41.4. The Morgan fingerprint density at radius 1 is 0.971 bits per heavy atom. The monoisotopic (exact) mass is 971 g/mol. The number of aryl methyl sites for hydroxylation is 1. The number of amides is 1. The van der Waals surface area contributed by atoms with Gasteiger partial charge in [-0.05, 0) is 136 Å². The third-order valence-electron chi connectivity index (χ3n) is 12.5. The number of pyridine rings is 1. The lowest BCUT2D eigenvalue weighted by atomic mass is 9.90. The van der Waals surface area contributed by atoms with Crippen LogP contribution in [-0.4, -0.2) is 68.8 Å². The molecule has 1 unspecified atom stereocenters. The van der Waals surface area contributed by atoms with Crippen molar-refractivity contribution in [3.05, 3.63) is 159 Å². The molecule has 1 aliphatic carbocycles. The number of phenols is 1. The van der Waals surface area contributed by atoms with Gasteiger partial charge in [-0.1, -0.05) is 90.5 Å². The summed E-state index contributed by atoms with van der Waals surface area (Å²) in [4.78, 5) is 27.7. The van der Waals surface area contributed by atoms with Gasteiger partial charge < -0.3 is 40.5 Å². The number of aliphatic hydroxyl groups excluding tert-OH is 1. The van der Waals surface area contributed by atoms with E-state index in [1.54, 1.807) is 7.11 Å². The number of carboxylic acids is 1. The van der Waals surface area contributed by atoms with E-state index in [2.05, 4.69) is 67.0 Å². The van der Waals surface area contributed by atoms with Crippen molar-refractivity contribution in [1.29, 1.82) is 0 Å². The molecular formula is C56H62ClN3O8S. The number of nitrogens with zero attached hydrogens (tertiary/aromatic N) is 1. The Balaban J connectivity index is 0.000000219. The number of aromatic nitrogens is 1. The van der Waals surface area contributed by atoms with Crippen LogP contribution in [0, 0.1) is 5.41 Å². The van der Waals surface area contributed by atoms with Crippen molar-refractivity contribution in [3.63, 3.8) is 0 Å². The molecule has 2 heterocycles. The van der Waals surface area contributed by atoms with Crippen LogP contribution in [0.2, 0.25) is 5.02 Å². The molecule has 0 radical (unpaired) electrons. The number of hydrogen-bond acceptors (Lipinski definition) is 10. The number of aliphatic carboxylic acids is 1. The summed E-state index contributed by atoms with van der Waals surface area (Å²) in [5.74, 6) is 0.981. The maximum Gasteiger partial charge on any atom is 0.303 e. The summed E-state index contributed by atoms with van der Waals surface area (Å²) in [6, 6.07) is 37.2. The second kappa shape index (κ2) is 22.2. The SMILES string of the molecule is CC(C)(O)c1ccccc1CC[C@@H](SCC1(CC(=O)O)CC1)c1cccc(/C=C/c2ccc3ccc(Cl)cc3n2)c1.COc1ccc(CC(C)(C)NCC(O)c2cc(O)cc3c2OCC(=O)N3)cc1. The molecule has 13 heteroatoms. The summed E-state index contributed by atoms with van der Waals surface area (Å²) in [6.45, 7) is 7.91. The van der Waals surface area contributed by atoms with Crippen LogP contribution in [0.5, 0.6) is 17.2 Å². The maximum atomic E-state index is 11.5. The van der Waals surface area contributed by atoms with E-state index in [1.165, 1.54) is 17.7 Å². The van der Waals surface area contributed by atoms with E-state index < -0.39 is 17.7 Å². The molecule has 8 rings (SSSR count). The third kappa shape index (κ3) is 14.3. The minimum Gasteiger partial charge on any atom is -0.508 e. The number of carbonyl (C=O) groups is 2. The number of hydrogen-bond donors (Lipinski definition) is 6. The lowest BCUT2D eigenvalue weighted by Gasteiger charge is -2.29. The van der Waals surface area contributed by atoms with Gasteiger partial charge in [0.2, 0.25) is 0 Å². The number of ether oxygens (including phenoxy) is 2. The van der Waals surface area contributed by atoms with Crippen LogP contribution in [-0.2, 0) is 28.0 Å². The van der Waals surface area contributed by atoms with Crippen LogP contribution in [0.1, 0.15) is 104 Å². The van der Waals surface area contributed by atoms with E-state index in [1.807, 2.05) is 98.4 Å². The number of β-amino-alcohol motifs (C(OH)–C–C–N with tert-alkyl or cyclic N) is 1. The molecule has 362 valence electrons. The molecular weight excluding hydrogens is 910 g/mol. The van der Waals surface area contributed by atoms with E-state index >= 15 is 0 Å². The number of carboxylic acid groups (broad SMARTS) is 1. The second-order valence-corrected chi connectivity index (χ2v) is 20.9. The molecule has 6 N–H and O–H groups in total. The Morgan fingerprint density at radius 3 is 2.45 bits per heavy atom. The number of anilines is 1. The first-order chi connectivity index (χ1) is 32.9. The fourth-order valence-corrected chi connectivity index (χ4v) is 10.4. The highest BCUT2D eigenvalue weighted by atomic mass is 35.5. The molecule has 1 fully saturated rings. The molecule has 2 atom stereocenters. The van der Waals surface area contributed by atoms with Crippen LogP contribution in [0.25, 0.3) is 23.1 Å². The Bertz CT molecular complexity index is 2790. The molecule has 0 bridgehead atoms. The normalized spacial score (nSPS) is 15.0. The zero-order valence-electron chi connectivity index (χ0n) is 39.8. The summed E-state index contributed by atoms with van der Waals surface area (Å²) in [6.07, 6.45) is 7.86. The lowest BCUT2D eigenvalue weighted by Crippen LogP contribution is -2.43. The van der Waals surface area contributed by atoms with Crippen molar-refractivity contribution >= 4 is 64.0 Å². The molecule has 69 heavy (non-hydrogen) atoms. The highest BCUT2D eigenvalue weighted by Gasteiger charge is 2.44.